The standard InChI is InChI=1S/C19H19NO3/c1-3-12-7-5-8-13(4-2)17(12)20-18(22)15-10-6-9-14(11-21)16(15)19(20)23/h5-10,21H,3-4,11H2,1-2H3. The maximum atomic E-state index is 12.9. The van der Waals surface area contributed by atoms with Crippen LogP contribution in [0.4, 0.5) is 5.69 Å². The zero-order valence-corrected chi connectivity index (χ0v) is 13.3. The zero-order valence-electron chi connectivity index (χ0n) is 13.3. The van der Waals surface area contributed by atoms with Crippen LogP contribution in [0, 0.1) is 0 Å². The van der Waals surface area contributed by atoms with Gasteiger partial charge in [0.15, 0.2) is 0 Å². The lowest BCUT2D eigenvalue weighted by atomic mass is 10.0. The van der Waals surface area contributed by atoms with Crippen molar-refractivity contribution in [2.45, 2.75) is 33.3 Å². The average Bonchev–Trinajstić information content (AvgIpc) is 2.85. The Hall–Kier alpha value is -2.46. The molecule has 1 N–H and O–H groups in total. The van der Waals surface area contributed by atoms with Crippen molar-refractivity contribution in [2.75, 3.05) is 4.90 Å². The van der Waals surface area contributed by atoms with E-state index in [1.165, 1.54) is 4.90 Å². The minimum atomic E-state index is -0.342. The predicted octanol–water partition coefficient (Wildman–Crippen LogP) is 3.10. The van der Waals surface area contributed by atoms with Crippen molar-refractivity contribution in [1.82, 2.24) is 0 Å². The number of rotatable bonds is 4. The van der Waals surface area contributed by atoms with Gasteiger partial charge in [0, 0.05) is 0 Å². The fourth-order valence-electron chi connectivity index (χ4n) is 3.19. The summed E-state index contributed by atoms with van der Waals surface area (Å²) in [5, 5.41) is 9.48. The number of amides is 2. The molecule has 4 heteroatoms. The molecule has 118 valence electrons. The summed E-state index contributed by atoms with van der Waals surface area (Å²) >= 11 is 0. The van der Waals surface area contributed by atoms with Crippen molar-refractivity contribution < 1.29 is 14.7 Å². The molecule has 0 saturated carbocycles. The molecule has 0 bridgehead atoms. The summed E-state index contributed by atoms with van der Waals surface area (Å²) in [4.78, 5) is 27.0. The fraction of sp³-hybridized carbons (Fsp3) is 0.263. The summed E-state index contributed by atoms with van der Waals surface area (Å²) in [6, 6.07) is 10.9. The molecule has 2 aromatic rings. The fourth-order valence-corrected chi connectivity index (χ4v) is 3.19. The molecular weight excluding hydrogens is 290 g/mol. The molecule has 0 fully saturated rings. The minimum Gasteiger partial charge on any atom is -0.392 e. The molecule has 2 aromatic carbocycles. The van der Waals surface area contributed by atoms with Gasteiger partial charge in [-0.1, -0.05) is 44.2 Å². The Morgan fingerprint density at radius 3 is 2.00 bits per heavy atom. The number of carbonyl (C=O) groups excluding carboxylic acids is 2. The Balaban J connectivity index is 2.21. The lowest BCUT2D eigenvalue weighted by Gasteiger charge is -2.21. The van der Waals surface area contributed by atoms with Crippen molar-refractivity contribution in [3.63, 3.8) is 0 Å². The van der Waals surface area contributed by atoms with Gasteiger partial charge in [-0.25, -0.2) is 4.90 Å². The first-order chi connectivity index (χ1) is 11.1. The summed E-state index contributed by atoms with van der Waals surface area (Å²) in [7, 11) is 0. The van der Waals surface area contributed by atoms with Crippen LogP contribution < -0.4 is 4.90 Å². The Labute approximate surface area is 135 Å². The van der Waals surface area contributed by atoms with E-state index in [0.29, 0.717) is 22.4 Å². The molecule has 4 nitrogen and oxygen atoms in total. The number of hydrogen-bond acceptors (Lipinski definition) is 3. The van der Waals surface area contributed by atoms with Crippen LogP contribution in [0.25, 0.3) is 0 Å². The van der Waals surface area contributed by atoms with Gasteiger partial charge in [0.1, 0.15) is 0 Å². The number of benzene rings is 2. The highest BCUT2D eigenvalue weighted by Gasteiger charge is 2.39. The Morgan fingerprint density at radius 2 is 1.43 bits per heavy atom. The smallest absolute Gasteiger partial charge is 0.266 e. The number of aryl methyl sites for hydroxylation is 2. The van der Waals surface area contributed by atoms with E-state index < -0.39 is 0 Å². The van der Waals surface area contributed by atoms with Gasteiger partial charge < -0.3 is 5.11 Å². The Morgan fingerprint density at radius 1 is 0.870 bits per heavy atom. The van der Waals surface area contributed by atoms with Crippen molar-refractivity contribution in [2.24, 2.45) is 0 Å². The third kappa shape index (κ3) is 2.26. The number of carbonyl (C=O) groups is 2. The zero-order chi connectivity index (χ0) is 16.6. The second-order valence-corrected chi connectivity index (χ2v) is 5.58. The molecule has 0 radical (unpaired) electrons. The first kappa shape index (κ1) is 15.4. The topological polar surface area (TPSA) is 57.6 Å². The molecule has 0 atom stereocenters. The third-order valence-corrected chi connectivity index (χ3v) is 4.36. The van der Waals surface area contributed by atoms with E-state index in [9.17, 15) is 14.7 Å². The molecule has 23 heavy (non-hydrogen) atoms. The van der Waals surface area contributed by atoms with Gasteiger partial charge in [0.05, 0.1) is 23.4 Å². The van der Waals surface area contributed by atoms with E-state index in [0.717, 1.165) is 24.0 Å². The normalized spacial score (nSPS) is 13.6. The van der Waals surface area contributed by atoms with Gasteiger partial charge in [-0.05, 0) is 35.6 Å². The molecule has 0 aliphatic carbocycles. The number of hydrogen-bond donors (Lipinski definition) is 1. The van der Waals surface area contributed by atoms with E-state index in [2.05, 4.69) is 0 Å². The highest BCUT2D eigenvalue weighted by atomic mass is 16.3. The Bertz CT molecular complexity index is 773. The largest absolute Gasteiger partial charge is 0.392 e. The van der Waals surface area contributed by atoms with Crippen LogP contribution in [0.15, 0.2) is 36.4 Å². The molecule has 0 saturated heterocycles. The summed E-state index contributed by atoms with van der Waals surface area (Å²) < 4.78 is 0. The number of anilines is 1. The van der Waals surface area contributed by atoms with Gasteiger partial charge in [-0.15, -0.1) is 0 Å². The molecule has 0 unspecified atom stereocenters. The van der Waals surface area contributed by atoms with E-state index >= 15 is 0 Å². The molecule has 2 amide bonds. The van der Waals surface area contributed by atoms with Gasteiger partial charge in [-0.2, -0.15) is 0 Å². The molecule has 3 rings (SSSR count). The monoisotopic (exact) mass is 309 g/mol. The first-order valence-corrected chi connectivity index (χ1v) is 7.86. The predicted molar refractivity (Wildman–Crippen MR) is 88.7 cm³/mol. The second-order valence-electron chi connectivity index (χ2n) is 5.58. The van der Waals surface area contributed by atoms with Gasteiger partial charge >= 0.3 is 0 Å². The maximum absolute atomic E-state index is 12.9. The number of aliphatic hydroxyl groups is 1. The summed E-state index contributed by atoms with van der Waals surface area (Å²) in [6.07, 6.45) is 1.48. The van der Waals surface area contributed by atoms with Crippen LogP contribution in [0.1, 0.15) is 51.3 Å². The molecule has 1 heterocycles. The summed E-state index contributed by atoms with van der Waals surface area (Å²) in [5.41, 5.74) is 3.85. The SMILES string of the molecule is CCc1cccc(CC)c1N1C(=O)c2cccc(CO)c2C1=O. The second kappa shape index (κ2) is 5.97. The van der Waals surface area contributed by atoms with Gasteiger partial charge in [-0.3, -0.25) is 9.59 Å². The number of fused-ring (bicyclic) bond motifs is 1. The molecule has 1 aliphatic heterocycles. The number of nitrogens with zero attached hydrogens (tertiary/aromatic N) is 1. The van der Waals surface area contributed by atoms with Crippen molar-refractivity contribution in [1.29, 1.82) is 0 Å². The lowest BCUT2D eigenvalue weighted by Crippen LogP contribution is -2.31. The van der Waals surface area contributed by atoms with E-state index in [4.69, 9.17) is 0 Å². The number of para-hydroxylation sites is 1. The minimum absolute atomic E-state index is 0.258. The van der Waals surface area contributed by atoms with Crippen LogP contribution in [-0.2, 0) is 19.4 Å². The average molecular weight is 309 g/mol. The van der Waals surface area contributed by atoms with Gasteiger partial charge in [0.25, 0.3) is 11.8 Å². The van der Waals surface area contributed by atoms with Crippen molar-refractivity contribution >= 4 is 17.5 Å². The van der Waals surface area contributed by atoms with E-state index in [1.54, 1.807) is 18.2 Å². The molecule has 0 aromatic heterocycles. The summed E-state index contributed by atoms with van der Waals surface area (Å²) in [5.74, 6) is -0.652. The first-order valence-electron chi connectivity index (χ1n) is 7.86. The molecule has 0 spiro atoms. The third-order valence-electron chi connectivity index (χ3n) is 4.36. The number of imide groups is 1. The lowest BCUT2D eigenvalue weighted by molar-refractivity contribution is 0.0924. The maximum Gasteiger partial charge on any atom is 0.266 e. The molecule has 1 aliphatic rings. The van der Waals surface area contributed by atoms with Crippen molar-refractivity contribution in [3.05, 3.63) is 64.2 Å². The summed E-state index contributed by atoms with van der Waals surface area (Å²) in [6.45, 7) is 3.76. The Kier molecular flexibility index (Phi) is 4.01. The van der Waals surface area contributed by atoms with Crippen LogP contribution in [0.3, 0.4) is 0 Å². The highest BCUT2D eigenvalue weighted by molar-refractivity contribution is 6.35. The van der Waals surface area contributed by atoms with Crippen molar-refractivity contribution in [3.8, 4) is 0 Å². The molecular formula is C19H19NO3. The number of aliphatic hydroxyl groups excluding tert-OH is 1. The quantitative estimate of drug-likeness (QED) is 0.883. The van der Waals surface area contributed by atoms with E-state index in [-0.39, 0.29) is 18.4 Å². The van der Waals surface area contributed by atoms with Crippen LogP contribution in [0.2, 0.25) is 0 Å². The van der Waals surface area contributed by atoms with E-state index in [1.807, 2.05) is 32.0 Å². The van der Waals surface area contributed by atoms with Crippen LogP contribution in [0.5, 0.6) is 0 Å². The van der Waals surface area contributed by atoms with Crippen LogP contribution in [-0.4, -0.2) is 16.9 Å². The highest BCUT2D eigenvalue weighted by Crippen LogP contribution is 2.35. The van der Waals surface area contributed by atoms with Crippen LogP contribution >= 0.6 is 0 Å². The van der Waals surface area contributed by atoms with Gasteiger partial charge in [0.2, 0.25) is 0 Å².